The Bertz CT molecular complexity index is 538. The molecule has 1 saturated heterocycles. The van der Waals surface area contributed by atoms with Gasteiger partial charge in [0.25, 0.3) is 0 Å². The maximum absolute atomic E-state index is 5.37. The number of fused-ring (bicyclic) bond motifs is 1. The van der Waals surface area contributed by atoms with Crippen LogP contribution in [-0.4, -0.2) is 24.2 Å². The molecule has 1 unspecified atom stereocenters. The van der Waals surface area contributed by atoms with E-state index in [1.165, 1.54) is 0 Å². The molecule has 3 nitrogen and oxygen atoms in total. The number of hydrogen-bond donors (Lipinski definition) is 1. The van der Waals surface area contributed by atoms with E-state index in [9.17, 15) is 0 Å². The first-order valence-electron chi connectivity index (χ1n) is 5.71. The molecule has 88 valence electrons. The number of hydrogen-bond acceptors (Lipinski definition) is 3. The summed E-state index contributed by atoms with van der Waals surface area (Å²) in [4.78, 5) is 4.47. The van der Waals surface area contributed by atoms with E-state index in [-0.39, 0.29) is 0 Å². The maximum atomic E-state index is 5.37. The van der Waals surface area contributed by atoms with Crippen molar-refractivity contribution in [2.45, 2.75) is 12.5 Å². The van der Waals surface area contributed by atoms with E-state index in [0.29, 0.717) is 6.04 Å². The van der Waals surface area contributed by atoms with Crippen molar-refractivity contribution in [3.63, 3.8) is 0 Å². The molecule has 2 heterocycles. The van der Waals surface area contributed by atoms with E-state index in [2.05, 4.69) is 50.5 Å². The number of anilines is 1. The SMILES string of the molecule is Brc1cnc2c(NC3CCOC3)cccc2c1. The minimum Gasteiger partial charge on any atom is -0.379 e. The summed E-state index contributed by atoms with van der Waals surface area (Å²) >= 11 is 3.44. The molecule has 17 heavy (non-hydrogen) atoms. The van der Waals surface area contributed by atoms with E-state index in [1.807, 2.05) is 6.20 Å². The van der Waals surface area contributed by atoms with Crippen molar-refractivity contribution in [3.8, 4) is 0 Å². The van der Waals surface area contributed by atoms with Gasteiger partial charge >= 0.3 is 0 Å². The molecule has 1 aliphatic heterocycles. The summed E-state index contributed by atoms with van der Waals surface area (Å²) in [6.45, 7) is 1.63. The van der Waals surface area contributed by atoms with Crippen molar-refractivity contribution in [2.75, 3.05) is 18.5 Å². The Morgan fingerprint density at radius 3 is 3.18 bits per heavy atom. The quantitative estimate of drug-likeness (QED) is 0.923. The molecule has 1 fully saturated rings. The van der Waals surface area contributed by atoms with Gasteiger partial charge in [-0.05, 0) is 34.5 Å². The zero-order valence-corrected chi connectivity index (χ0v) is 10.9. The van der Waals surface area contributed by atoms with Crippen LogP contribution in [0, 0.1) is 0 Å². The molecule has 1 aromatic carbocycles. The molecule has 1 atom stereocenters. The zero-order chi connectivity index (χ0) is 11.7. The lowest BCUT2D eigenvalue weighted by Crippen LogP contribution is -2.19. The van der Waals surface area contributed by atoms with E-state index in [4.69, 9.17) is 4.74 Å². The first kappa shape index (κ1) is 11.0. The molecular formula is C13H13BrN2O. The lowest BCUT2D eigenvalue weighted by atomic mass is 10.1. The van der Waals surface area contributed by atoms with Crippen LogP contribution < -0.4 is 5.32 Å². The molecule has 4 heteroatoms. The summed E-state index contributed by atoms with van der Waals surface area (Å²) in [5.74, 6) is 0. The molecule has 2 aromatic rings. The molecule has 1 N–H and O–H groups in total. The molecule has 0 amide bonds. The Balaban J connectivity index is 1.97. The zero-order valence-electron chi connectivity index (χ0n) is 9.32. The van der Waals surface area contributed by atoms with E-state index >= 15 is 0 Å². The number of ether oxygens (including phenoxy) is 1. The predicted molar refractivity (Wildman–Crippen MR) is 72.3 cm³/mol. The third kappa shape index (κ3) is 2.28. The second-order valence-electron chi connectivity index (χ2n) is 4.24. The number of rotatable bonds is 2. The normalized spacial score (nSPS) is 19.7. The first-order chi connectivity index (χ1) is 8.33. The number of nitrogens with one attached hydrogen (secondary N) is 1. The summed E-state index contributed by atoms with van der Waals surface area (Å²) in [6, 6.07) is 8.68. The van der Waals surface area contributed by atoms with Gasteiger partial charge < -0.3 is 10.1 Å². The summed E-state index contributed by atoms with van der Waals surface area (Å²) < 4.78 is 6.38. The van der Waals surface area contributed by atoms with Crippen LogP contribution in [0.2, 0.25) is 0 Å². The first-order valence-corrected chi connectivity index (χ1v) is 6.51. The second-order valence-corrected chi connectivity index (χ2v) is 5.15. The van der Waals surface area contributed by atoms with Crippen LogP contribution in [0.3, 0.4) is 0 Å². The van der Waals surface area contributed by atoms with Crippen LogP contribution in [0.5, 0.6) is 0 Å². The molecule has 0 radical (unpaired) electrons. The van der Waals surface area contributed by atoms with Gasteiger partial charge in [0.15, 0.2) is 0 Å². The van der Waals surface area contributed by atoms with Crippen LogP contribution >= 0.6 is 15.9 Å². The fourth-order valence-electron chi connectivity index (χ4n) is 2.12. The maximum Gasteiger partial charge on any atom is 0.0934 e. The highest BCUT2D eigenvalue weighted by Crippen LogP contribution is 2.25. The smallest absolute Gasteiger partial charge is 0.0934 e. The Morgan fingerprint density at radius 1 is 1.41 bits per heavy atom. The van der Waals surface area contributed by atoms with Crippen molar-refractivity contribution in [3.05, 3.63) is 34.9 Å². The third-order valence-corrected chi connectivity index (χ3v) is 3.40. The lowest BCUT2D eigenvalue weighted by Gasteiger charge is -2.13. The van der Waals surface area contributed by atoms with Crippen molar-refractivity contribution in [1.29, 1.82) is 0 Å². The molecule has 0 spiro atoms. The summed E-state index contributed by atoms with van der Waals surface area (Å²) in [5, 5.41) is 4.64. The van der Waals surface area contributed by atoms with Crippen molar-refractivity contribution in [1.82, 2.24) is 4.98 Å². The van der Waals surface area contributed by atoms with Crippen LogP contribution in [0.15, 0.2) is 34.9 Å². The average Bonchev–Trinajstić information content (AvgIpc) is 2.82. The monoisotopic (exact) mass is 292 g/mol. The minimum atomic E-state index is 0.408. The lowest BCUT2D eigenvalue weighted by molar-refractivity contribution is 0.195. The van der Waals surface area contributed by atoms with Gasteiger partial charge in [0, 0.05) is 22.7 Å². The number of benzene rings is 1. The van der Waals surface area contributed by atoms with Gasteiger partial charge in [0.1, 0.15) is 0 Å². The summed E-state index contributed by atoms with van der Waals surface area (Å²) in [5.41, 5.74) is 2.10. The van der Waals surface area contributed by atoms with Gasteiger partial charge in [-0.2, -0.15) is 0 Å². The standard InChI is InChI=1S/C13H13BrN2O/c14-10-6-9-2-1-3-12(13(9)15-7-10)16-11-4-5-17-8-11/h1-3,6-7,11,16H,4-5,8H2. The molecule has 3 rings (SSSR count). The topological polar surface area (TPSA) is 34.2 Å². The highest BCUT2D eigenvalue weighted by Gasteiger charge is 2.16. The highest BCUT2D eigenvalue weighted by molar-refractivity contribution is 9.10. The predicted octanol–water partition coefficient (Wildman–Crippen LogP) is 3.20. The van der Waals surface area contributed by atoms with Crippen LogP contribution in [0.1, 0.15) is 6.42 Å². The molecule has 1 aliphatic rings. The fraction of sp³-hybridized carbons (Fsp3) is 0.308. The van der Waals surface area contributed by atoms with E-state index in [0.717, 1.165) is 40.7 Å². The molecule has 1 aromatic heterocycles. The highest BCUT2D eigenvalue weighted by atomic mass is 79.9. The van der Waals surface area contributed by atoms with Gasteiger partial charge in [0.05, 0.1) is 23.9 Å². The summed E-state index contributed by atoms with van der Waals surface area (Å²) in [6.07, 6.45) is 2.89. The number of pyridine rings is 1. The Labute approximate surface area is 108 Å². The average molecular weight is 293 g/mol. The number of nitrogens with zero attached hydrogens (tertiary/aromatic N) is 1. The largest absolute Gasteiger partial charge is 0.379 e. The third-order valence-electron chi connectivity index (χ3n) is 2.97. The molecule has 0 bridgehead atoms. The Kier molecular flexibility index (Phi) is 2.99. The van der Waals surface area contributed by atoms with Crippen LogP contribution in [0.25, 0.3) is 10.9 Å². The second kappa shape index (κ2) is 4.63. The Morgan fingerprint density at radius 2 is 2.35 bits per heavy atom. The van der Waals surface area contributed by atoms with Crippen LogP contribution in [-0.2, 0) is 4.74 Å². The van der Waals surface area contributed by atoms with Crippen LogP contribution in [0.4, 0.5) is 5.69 Å². The van der Waals surface area contributed by atoms with Gasteiger partial charge in [0.2, 0.25) is 0 Å². The van der Waals surface area contributed by atoms with Gasteiger partial charge in [-0.1, -0.05) is 12.1 Å². The minimum absolute atomic E-state index is 0.408. The van der Waals surface area contributed by atoms with E-state index < -0.39 is 0 Å². The summed E-state index contributed by atoms with van der Waals surface area (Å²) in [7, 11) is 0. The number of halogens is 1. The van der Waals surface area contributed by atoms with Gasteiger partial charge in [-0.3, -0.25) is 4.98 Å². The molecule has 0 saturated carbocycles. The van der Waals surface area contributed by atoms with E-state index in [1.54, 1.807) is 0 Å². The van der Waals surface area contributed by atoms with Crippen molar-refractivity contribution in [2.24, 2.45) is 0 Å². The molecule has 0 aliphatic carbocycles. The van der Waals surface area contributed by atoms with Crippen molar-refractivity contribution < 1.29 is 4.74 Å². The van der Waals surface area contributed by atoms with Gasteiger partial charge in [-0.25, -0.2) is 0 Å². The Hall–Kier alpha value is -1.13. The van der Waals surface area contributed by atoms with Crippen molar-refractivity contribution >= 4 is 32.5 Å². The number of para-hydroxylation sites is 1. The fourth-order valence-corrected chi connectivity index (χ4v) is 2.47. The molecular weight excluding hydrogens is 280 g/mol. The number of aromatic nitrogens is 1. The van der Waals surface area contributed by atoms with Gasteiger partial charge in [-0.15, -0.1) is 0 Å².